The molecule has 2 aromatic rings. The lowest BCUT2D eigenvalue weighted by Gasteiger charge is -2.35. The summed E-state index contributed by atoms with van der Waals surface area (Å²) in [6, 6.07) is 13.2. The summed E-state index contributed by atoms with van der Waals surface area (Å²) in [6.07, 6.45) is 1.61. The summed E-state index contributed by atoms with van der Waals surface area (Å²) >= 11 is 1.26. The van der Waals surface area contributed by atoms with E-state index in [9.17, 15) is 19.5 Å². The summed E-state index contributed by atoms with van der Waals surface area (Å²) in [5.74, 6) is -1.33. The Morgan fingerprint density at radius 3 is 2.47 bits per heavy atom. The van der Waals surface area contributed by atoms with Crippen LogP contribution in [0.25, 0.3) is 0 Å². The van der Waals surface area contributed by atoms with Gasteiger partial charge in [-0.1, -0.05) is 54.4 Å². The summed E-state index contributed by atoms with van der Waals surface area (Å²) < 4.78 is 16.8. The second-order valence-electron chi connectivity index (χ2n) is 8.98. The Labute approximate surface area is 203 Å². The van der Waals surface area contributed by atoms with Crippen LogP contribution in [0.2, 0.25) is 0 Å². The first-order valence-electron chi connectivity index (χ1n) is 11.6. The van der Waals surface area contributed by atoms with Crippen LogP contribution in [-0.2, 0) is 20.9 Å². The average molecular weight is 485 g/mol. The van der Waals surface area contributed by atoms with Gasteiger partial charge in [-0.25, -0.2) is 8.70 Å². The molecule has 2 fully saturated rings. The molecule has 0 amide bonds. The van der Waals surface area contributed by atoms with E-state index in [2.05, 4.69) is 0 Å². The van der Waals surface area contributed by atoms with Crippen LogP contribution in [0.3, 0.4) is 0 Å². The molecule has 2 aromatic carbocycles. The zero-order chi connectivity index (χ0) is 24.2. The van der Waals surface area contributed by atoms with Crippen LogP contribution in [0.4, 0.5) is 4.39 Å². The van der Waals surface area contributed by atoms with Crippen molar-refractivity contribution in [3.63, 3.8) is 0 Å². The average Bonchev–Trinajstić information content (AvgIpc) is 2.86. The number of hydrogen-bond donors (Lipinski definition) is 1. The third kappa shape index (κ3) is 5.30. The lowest BCUT2D eigenvalue weighted by Crippen LogP contribution is -2.45. The third-order valence-electron chi connectivity index (χ3n) is 6.79. The van der Waals surface area contributed by atoms with Gasteiger partial charge >= 0.3 is 0 Å². The van der Waals surface area contributed by atoms with Crippen LogP contribution in [0.15, 0.2) is 48.5 Å². The smallest absolute Gasteiger partial charge is 0.218 e. The van der Waals surface area contributed by atoms with Crippen molar-refractivity contribution < 1.29 is 23.9 Å². The Hall–Kier alpha value is -2.39. The standard InChI is InChI=1S/C26H29FN2O4S/c1-17-23(31)25(33)26(19-5-3-2-4-6-19)34-29(17)16-21-8-7-20(15-22(21)27)24(32)18-9-11-28(12-10-18)13-14-30/h2-8,14-15,17-18,24,26,32H,9-13,16H2,1H3/t17-,24?,26+/m0/s1. The minimum Gasteiger partial charge on any atom is -0.388 e. The van der Waals surface area contributed by atoms with Gasteiger partial charge in [0.15, 0.2) is 0 Å². The van der Waals surface area contributed by atoms with Gasteiger partial charge in [0.2, 0.25) is 11.6 Å². The molecular formula is C26H29FN2O4S. The molecule has 0 bridgehead atoms. The number of halogens is 1. The number of benzene rings is 2. The molecule has 1 N–H and O–H groups in total. The molecule has 0 radical (unpaired) electrons. The highest BCUT2D eigenvalue weighted by Crippen LogP contribution is 2.40. The van der Waals surface area contributed by atoms with E-state index in [4.69, 9.17) is 0 Å². The molecule has 0 aromatic heterocycles. The van der Waals surface area contributed by atoms with Gasteiger partial charge in [0.1, 0.15) is 17.4 Å². The maximum atomic E-state index is 15.1. The van der Waals surface area contributed by atoms with Crippen LogP contribution in [0, 0.1) is 11.7 Å². The highest BCUT2D eigenvalue weighted by molar-refractivity contribution is 7.98. The summed E-state index contributed by atoms with van der Waals surface area (Å²) in [6.45, 7) is 3.71. The van der Waals surface area contributed by atoms with E-state index < -0.39 is 34.8 Å². The van der Waals surface area contributed by atoms with E-state index in [-0.39, 0.29) is 12.5 Å². The predicted octanol–water partition coefficient (Wildman–Crippen LogP) is 3.50. The number of likely N-dealkylation sites (tertiary alicyclic amines) is 1. The second kappa shape index (κ2) is 10.9. The van der Waals surface area contributed by atoms with Crippen LogP contribution < -0.4 is 0 Å². The van der Waals surface area contributed by atoms with Gasteiger partial charge in [0.05, 0.1) is 18.7 Å². The topological polar surface area (TPSA) is 77.9 Å². The lowest BCUT2D eigenvalue weighted by atomic mass is 9.87. The molecule has 34 heavy (non-hydrogen) atoms. The Kier molecular flexibility index (Phi) is 7.93. The van der Waals surface area contributed by atoms with Crippen LogP contribution in [0.1, 0.15) is 47.8 Å². The molecular weight excluding hydrogens is 455 g/mol. The summed E-state index contributed by atoms with van der Waals surface area (Å²) in [5, 5.41) is 10.2. The molecule has 3 atom stereocenters. The van der Waals surface area contributed by atoms with Crippen LogP contribution >= 0.6 is 11.9 Å². The van der Waals surface area contributed by atoms with E-state index >= 15 is 4.39 Å². The van der Waals surface area contributed by atoms with E-state index in [0.29, 0.717) is 17.7 Å². The van der Waals surface area contributed by atoms with Gasteiger partial charge in [-0.15, -0.1) is 0 Å². The number of carbonyl (C=O) groups excluding carboxylic acids is 3. The highest BCUT2D eigenvalue weighted by Gasteiger charge is 2.41. The number of aliphatic hydroxyl groups excluding tert-OH is 1. The fraction of sp³-hybridized carbons (Fsp3) is 0.423. The molecule has 0 saturated carbocycles. The minimum atomic E-state index is -0.771. The molecule has 2 heterocycles. The number of ketones is 2. The largest absolute Gasteiger partial charge is 0.388 e. The number of nitrogens with zero attached hydrogens (tertiary/aromatic N) is 2. The fourth-order valence-electron chi connectivity index (χ4n) is 4.63. The van der Waals surface area contributed by atoms with Crippen LogP contribution in [-0.4, -0.2) is 57.8 Å². The second-order valence-corrected chi connectivity index (χ2v) is 10.1. The van der Waals surface area contributed by atoms with Gasteiger partial charge in [-0.2, -0.15) is 0 Å². The Morgan fingerprint density at radius 2 is 1.82 bits per heavy atom. The minimum absolute atomic E-state index is 0.0149. The molecule has 4 rings (SSSR count). The Balaban J connectivity index is 1.45. The first-order chi connectivity index (χ1) is 16.4. The number of aldehydes is 1. The number of rotatable bonds is 7. The number of carbonyl (C=O) groups is 3. The normalized spacial score (nSPS) is 23.7. The van der Waals surface area contributed by atoms with Crippen LogP contribution in [0.5, 0.6) is 0 Å². The Morgan fingerprint density at radius 1 is 1.12 bits per heavy atom. The molecule has 180 valence electrons. The predicted molar refractivity (Wildman–Crippen MR) is 128 cm³/mol. The van der Waals surface area contributed by atoms with Crippen molar-refractivity contribution in [2.24, 2.45) is 5.92 Å². The number of Topliss-reactive ketones (excluding diaryl/α,β-unsaturated/α-hetero) is 2. The van der Waals surface area contributed by atoms with Crippen molar-refractivity contribution in [3.05, 3.63) is 71.0 Å². The van der Waals surface area contributed by atoms with E-state index in [1.165, 1.54) is 18.0 Å². The van der Waals surface area contributed by atoms with Crippen molar-refractivity contribution in [3.8, 4) is 0 Å². The number of aliphatic hydroxyl groups is 1. The molecule has 2 saturated heterocycles. The first kappa shape index (κ1) is 24.7. The fourth-order valence-corrected chi connectivity index (χ4v) is 5.88. The molecule has 2 aliphatic heterocycles. The van der Waals surface area contributed by atoms with Gasteiger partial charge < -0.3 is 9.90 Å². The first-order valence-corrected chi connectivity index (χ1v) is 12.4. The third-order valence-corrected chi connectivity index (χ3v) is 8.21. The van der Waals surface area contributed by atoms with Crippen molar-refractivity contribution in [2.75, 3.05) is 19.6 Å². The van der Waals surface area contributed by atoms with Crippen molar-refractivity contribution >= 4 is 29.8 Å². The molecule has 6 nitrogen and oxygen atoms in total. The molecule has 8 heteroatoms. The maximum absolute atomic E-state index is 15.1. The molecule has 1 unspecified atom stereocenters. The van der Waals surface area contributed by atoms with Crippen molar-refractivity contribution in [1.29, 1.82) is 0 Å². The Bertz CT molecular complexity index is 1040. The summed E-state index contributed by atoms with van der Waals surface area (Å²) in [7, 11) is 0. The van der Waals surface area contributed by atoms with E-state index in [1.54, 1.807) is 23.4 Å². The van der Waals surface area contributed by atoms with Gasteiger partial charge in [0, 0.05) is 12.1 Å². The lowest BCUT2D eigenvalue weighted by molar-refractivity contribution is -0.139. The molecule has 2 aliphatic rings. The van der Waals surface area contributed by atoms with E-state index in [1.807, 2.05) is 35.2 Å². The van der Waals surface area contributed by atoms with Crippen molar-refractivity contribution in [1.82, 2.24) is 9.21 Å². The van der Waals surface area contributed by atoms with Crippen molar-refractivity contribution in [2.45, 2.75) is 43.7 Å². The zero-order valence-electron chi connectivity index (χ0n) is 19.1. The van der Waals surface area contributed by atoms with E-state index in [0.717, 1.165) is 37.8 Å². The highest BCUT2D eigenvalue weighted by atomic mass is 32.2. The summed E-state index contributed by atoms with van der Waals surface area (Å²) in [4.78, 5) is 38.0. The number of piperidine rings is 1. The zero-order valence-corrected chi connectivity index (χ0v) is 19.9. The monoisotopic (exact) mass is 484 g/mol. The molecule has 0 spiro atoms. The van der Waals surface area contributed by atoms with Gasteiger partial charge in [0.25, 0.3) is 0 Å². The SMILES string of the molecule is C[C@H]1C(=O)C(=O)[C@@H](c2ccccc2)SN1Cc1ccc(C(O)C2CCN(CC=O)CC2)cc1F. The number of hydrogen-bond acceptors (Lipinski definition) is 7. The maximum Gasteiger partial charge on any atom is 0.218 e. The summed E-state index contributed by atoms with van der Waals surface area (Å²) in [5.41, 5.74) is 1.69. The quantitative estimate of drug-likeness (QED) is 0.366. The van der Waals surface area contributed by atoms with Gasteiger partial charge in [-0.05, 0) is 56.0 Å². The molecule has 0 aliphatic carbocycles. The van der Waals surface area contributed by atoms with Gasteiger partial charge in [-0.3, -0.25) is 14.5 Å².